The molecule has 0 saturated carbocycles. The van der Waals surface area contributed by atoms with Gasteiger partial charge in [-0.15, -0.1) is 0 Å². The van der Waals surface area contributed by atoms with Crippen molar-refractivity contribution in [1.29, 1.82) is 0 Å². The van der Waals surface area contributed by atoms with Crippen molar-refractivity contribution in [1.82, 2.24) is 0 Å². The largest absolute Gasteiger partial charge is 0.488 e. The molecule has 1 amide bonds. The van der Waals surface area contributed by atoms with Crippen molar-refractivity contribution in [3.8, 4) is 16.9 Å². The van der Waals surface area contributed by atoms with Crippen LogP contribution in [-0.2, 0) is 15.2 Å². The molecular weight excluding hydrogens is 441 g/mol. The van der Waals surface area contributed by atoms with Crippen LogP contribution in [0, 0.1) is 0 Å². The molecule has 0 atom stereocenters. The number of carbonyl (C=O) groups is 2. The second kappa shape index (κ2) is 8.31. The molecular formula is C22H16FNO7S. The zero-order valence-electron chi connectivity index (χ0n) is 16.3. The zero-order chi connectivity index (χ0) is 22.9. The van der Waals surface area contributed by atoms with E-state index in [0.29, 0.717) is 0 Å². The van der Waals surface area contributed by atoms with Gasteiger partial charge >= 0.3 is 22.6 Å². The molecule has 8 nitrogen and oxygen atoms in total. The molecule has 32 heavy (non-hydrogen) atoms. The number of hydrogen-bond acceptors (Lipinski definition) is 6. The number of hydrogen-bond donors (Lipinski definition) is 2. The lowest BCUT2D eigenvalue weighted by atomic mass is 9.98. The van der Waals surface area contributed by atoms with Crippen LogP contribution in [-0.4, -0.2) is 32.2 Å². The van der Waals surface area contributed by atoms with Gasteiger partial charge < -0.3 is 14.0 Å². The molecule has 0 unspecified atom stereocenters. The number of halogens is 1. The van der Waals surface area contributed by atoms with Gasteiger partial charge in [0.1, 0.15) is 12.4 Å². The van der Waals surface area contributed by atoms with Crippen LogP contribution in [0.1, 0.15) is 27.4 Å². The van der Waals surface area contributed by atoms with E-state index in [9.17, 15) is 27.0 Å². The predicted molar refractivity (Wildman–Crippen MR) is 113 cm³/mol. The standard InChI is InChI=1S/C22H16FNO7S/c23-32(28,29)31-13-9-10-18(21(25)26)20(11-13)24-22(27)30-12-19-16-7-3-1-5-14(16)15-6-2-4-8-17(15)19/h1-11,19H,12H2,(H,24,27)(H,25,26). The highest BCUT2D eigenvalue weighted by Crippen LogP contribution is 2.44. The summed E-state index contributed by atoms with van der Waals surface area (Å²) in [5.74, 6) is -2.11. The molecule has 4 rings (SSSR count). The number of anilines is 1. The molecule has 1 aliphatic rings. The quantitative estimate of drug-likeness (QED) is 0.529. The lowest BCUT2D eigenvalue weighted by molar-refractivity contribution is 0.0698. The molecule has 0 saturated heterocycles. The average molecular weight is 457 g/mol. The van der Waals surface area contributed by atoms with Crippen LogP contribution in [0.5, 0.6) is 5.75 Å². The van der Waals surface area contributed by atoms with E-state index in [2.05, 4.69) is 9.50 Å². The lowest BCUT2D eigenvalue weighted by Gasteiger charge is -2.15. The van der Waals surface area contributed by atoms with Gasteiger partial charge in [0.2, 0.25) is 0 Å². The molecule has 164 valence electrons. The monoisotopic (exact) mass is 457 g/mol. The van der Waals surface area contributed by atoms with Crippen molar-refractivity contribution in [2.75, 3.05) is 11.9 Å². The molecule has 1 aliphatic carbocycles. The van der Waals surface area contributed by atoms with Gasteiger partial charge in [-0.25, -0.2) is 9.59 Å². The molecule has 0 heterocycles. The molecule has 0 aliphatic heterocycles. The second-order valence-corrected chi connectivity index (χ2v) is 7.89. The normalized spacial score (nSPS) is 12.5. The first-order valence-corrected chi connectivity index (χ1v) is 10.7. The van der Waals surface area contributed by atoms with E-state index in [1.54, 1.807) is 0 Å². The van der Waals surface area contributed by atoms with E-state index >= 15 is 0 Å². The molecule has 2 N–H and O–H groups in total. The van der Waals surface area contributed by atoms with Crippen molar-refractivity contribution >= 4 is 28.3 Å². The smallest absolute Gasteiger partial charge is 0.478 e. The Bertz CT molecular complexity index is 1280. The van der Waals surface area contributed by atoms with Crippen LogP contribution >= 0.6 is 0 Å². The third-order valence-electron chi connectivity index (χ3n) is 5.00. The van der Waals surface area contributed by atoms with Crippen LogP contribution in [0.4, 0.5) is 14.4 Å². The summed E-state index contributed by atoms with van der Waals surface area (Å²) in [4.78, 5) is 23.8. The van der Waals surface area contributed by atoms with Gasteiger partial charge in [0.25, 0.3) is 0 Å². The molecule has 0 bridgehead atoms. The molecule has 0 aromatic heterocycles. The number of carbonyl (C=O) groups excluding carboxylic acids is 1. The molecule has 0 spiro atoms. The highest BCUT2D eigenvalue weighted by molar-refractivity contribution is 7.81. The maximum Gasteiger partial charge on any atom is 0.488 e. The summed E-state index contributed by atoms with van der Waals surface area (Å²) in [7, 11) is -5.32. The maximum atomic E-state index is 12.8. The number of rotatable bonds is 6. The summed E-state index contributed by atoms with van der Waals surface area (Å²) in [6.07, 6.45) is -0.963. The zero-order valence-corrected chi connectivity index (χ0v) is 17.1. The third-order valence-corrected chi connectivity index (χ3v) is 5.39. The van der Waals surface area contributed by atoms with Crippen molar-refractivity contribution in [2.45, 2.75) is 5.92 Å². The van der Waals surface area contributed by atoms with E-state index in [1.165, 1.54) is 0 Å². The van der Waals surface area contributed by atoms with E-state index in [1.807, 2.05) is 48.5 Å². The Morgan fingerprint density at radius 1 is 0.969 bits per heavy atom. The number of fused-ring (bicyclic) bond motifs is 3. The highest BCUT2D eigenvalue weighted by Gasteiger charge is 2.29. The van der Waals surface area contributed by atoms with Crippen molar-refractivity contribution in [3.63, 3.8) is 0 Å². The first-order valence-electron chi connectivity index (χ1n) is 9.36. The first-order chi connectivity index (χ1) is 15.2. The summed E-state index contributed by atoms with van der Waals surface area (Å²) in [5.41, 5.74) is 3.41. The Morgan fingerprint density at radius 3 is 2.12 bits per heavy atom. The summed E-state index contributed by atoms with van der Waals surface area (Å²) in [6.45, 7) is -0.0166. The number of aromatic carboxylic acids is 1. The summed E-state index contributed by atoms with van der Waals surface area (Å²) < 4.78 is 43.6. The van der Waals surface area contributed by atoms with E-state index in [0.717, 1.165) is 40.5 Å². The van der Waals surface area contributed by atoms with Crippen LogP contribution in [0.25, 0.3) is 11.1 Å². The number of nitrogens with one attached hydrogen (secondary N) is 1. The number of carboxylic acids is 1. The Balaban J connectivity index is 1.52. The number of carboxylic acid groups (broad SMARTS) is 1. The Kier molecular flexibility index (Phi) is 5.54. The fourth-order valence-corrected chi connectivity index (χ4v) is 4.06. The average Bonchev–Trinajstić information content (AvgIpc) is 3.05. The Labute approximate surface area is 182 Å². The maximum absolute atomic E-state index is 12.8. The van der Waals surface area contributed by atoms with E-state index in [-0.39, 0.29) is 23.8 Å². The van der Waals surface area contributed by atoms with E-state index < -0.39 is 28.3 Å². The topological polar surface area (TPSA) is 119 Å². The summed E-state index contributed by atoms with van der Waals surface area (Å²) in [6, 6.07) is 18.3. The highest BCUT2D eigenvalue weighted by atomic mass is 32.3. The number of ether oxygens (including phenoxy) is 1. The molecule has 10 heteroatoms. The van der Waals surface area contributed by atoms with Crippen molar-refractivity contribution in [3.05, 3.63) is 83.4 Å². The Morgan fingerprint density at radius 2 is 1.56 bits per heavy atom. The van der Waals surface area contributed by atoms with Crippen LogP contribution in [0.2, 0.25) is 0 Å². The number of benzene rings is 3. The second-order valence-electron chi connectivity index (χ2n) is 6.94. The van der Waals surface area contributed by atoms with Gasteiger partial charge in [-0.05, 0) is 34.4 Å². The van der Waals surface area contributed by atoms with Crippen molar-refractivity contribution < 1.29 is 35.9 Å². The van der Waals surface area contributed by atoms with Gasteiger partial charge in [-0.1, -0.05) is 52.4 Å². The number of amides is 1. The van der Waals surface area contributed by atoms with Crippen LogP contribution < -0.4 is 9.50 Å². The molecule has 3 aromatic rings. The first kappa shape index (κ1) is 21.3. The summed E-state index contributed by atoms with van der Waals surface area (Å²) in [5, 5.41) is 11.5. The minimum Gasteiger partial charge on any atom is -0.478 e. The minimum atomic E-state index is -5.32. The van der Waals surface area contributed by atoms with Crippen molar-refractivity contribution in [2.24, 2.45) is 0 Å². The fourth-order valence-electron chi connectivity index (χ4n) is 3.72. The van der Waals surface area contributed by atoms with Gasteiger partial charge in [0, 0.05) is 12.0 Å². The SMILES string of the molecule is O=C(Nc1cc(OS(=O)(=O)F)ccc1C(=O)O)OCC1c2ccccc2-c2ccccc21. The Hall–Kier alpha value is -3.92. The molecule has 0 fully saturated rings. The van der Waals surface area contributed by atoms with Gasteiger partial charge in [-0.3, -0.25) is 5.32 Å². The van der Waals surface area contributed by atoms with Gasteiger partial charge in [-0.2, -0.15) is 8.42 Å². The van der Waals surface area contributed by atoms with Gasteiger partial charge in [0.15, 0.2) is 0 Å². The minimum absolute atomic E-state index is 0.0166. The third kappa shape index (κ3) is 4.40. The lowest BCUT2D eigenvalue weighted by Crippen LogP contribution is -2.19. The molecule has 0 radical (unpaired) electrons. The fraction of sp³-hybridized carbons (Fsp3) is 0.0909. The van der Waals surface area contributed by atoms with Gasteiger partial charge in [0.05, 0.1) is 11.3 Å². The molecule has 3 aromatic carbocycles. The van der Waals surface area contributed by atoms with Crippen LogP contribution in [0.3, 0.4) is 0 Å². The predicted octanol–water partition coefficient (Wildman–Crippen LogP) is 4.34. The summed E-state index contributed by atoms with van der Waals surface area (Å²) >= 11 is 0. The van der Waals surface area contributed by atoms with E-state index in [4.69, 9.17) is 4.74 Å². The van der Waals surface area contributed by atoms with Crippen LogP contribution in [0.15, 0.2) is 66.7 Å².